The van der Waals surface area contributed by atoms with Gasteiger partial charge in [-0.2, -0.15) is 0 Å². The Balaban J connectivity index is 2.73. The first-order chi connectivity index (χ1) is 9.62. The molecule has 0 aliphatic carbocycles. The second-order valence-corrected chi connectivity index (χ2v) is 4.51. The summed E-state index contributed by atoms with van der Waals surface area (Å²) in [6.45, 7) is 8.32. The average Bonchev–Trinajstić information content (AvgIpc) is 2.45. The van der Waals surface area contributed by atoms with Crippen LogP contribution in [0, 0.1) is 5.41 Å². The van der Waals surface area contributed by atoms with Crippen molar-refractivity contribution in [3.8, 4) is 5.75 Å². The summed E-state index contributed by atoms with van der Waals surface area (Å²) in [4.78, 5) is 2.30. The molecule has 5 heteroatoms. The minimum absolute atomic E-state index is 0.0251. The highest BCUT2D eigenvalue weighted by molar-refractivity contribution is 5.97. The number of nitrogens with two attached hydrogens (primary N) is 1. The molecule has 0 atom stereocenters. The fourth-order valence-corrected chi connectivity index (χ4v) is 2.00. The number of nitrogens with zero attached hydrogens (tertiary/aromatic N) is 1. The maximum absolute atomic E-state index is 7.51. The van der Waals surface area contributed by atoms with Crippen LogP contribution in [0.5, 0.6) is 5.75 Å². The van der Waals surface area contributed by atoms with Gasteiger partial charge in [0.1, 0.15) is 11.6 Å². The van der Waals surface area contributed by atoms with Crippen LogP contribution in [0.1, 0.15) is 25.0 Å². The van der Waals surface area contributed by atoms with Gasteiger partial charge in [0.05, 0.1) is 19.3 Å². The highest BCUT2D eigenvalue weighted by Gasteiger charge is 2.09. The number of rotatable bonds is 9. The second-order valence-electron chi connectivity index (χ2n) is 4.51. The van der Waals surface area contributed by atoms with Crippen molar-refractivity contribution in [3.63, 3.8) is 0 Å². The lowest BCUT2D eigenvalue weighted by Gasteiger charge is -2.21. The Morgan fingerprint density at radius 2 is 2.10 bits per heavy atom. The quantitative estimate of drug-likeness (QED) is 0.411. The number of methoxy groups -OCH3 is 1. The van der Waals surface area contributed by atoms with Crippen LogP contribution in [0.15, 0.2) is 18.2 Å². The van der Waals surface area contributed by atoms with Crippen molar-refractivity contribution in [3.05, 3.63) is 29.3 Å². The van der Waals surface area contributed by atoms with Gasteiger partial charge in [-0.15, -0.1) is 0 Å². The number of likely N-dealkylation sites (N-methyl/N-ethyl adjacent to an activating group) is 1. The van der Waals surface area contributed by atoms with Crippen molar-refractivity contribution in [1.29, 1.82) is 5.41 Å². The van der Waals surface area contributed by atoms with Crippen LogP contribution in [0.4, 0.5) is 0 Å². The summed E-state index contributed by atoms with van der Waals surface area (Å²) in [5, 5.41) is 7.51. The molecule has 5 nitrogen and oxygen atoms in total. The second kappa shape index (κ2) is 8.55. The van der Waals surface area contributed by atoms with Gasteiger partial charge in [-0.05, 0) is 31.2 Å². The number of nitrogens with one attached hydrogen (secondary N) is 1. The summed E-state index contributed by atoms with van der Waals surface area (Å²) in [7, 11) is 1.60. The van der Waals surface area contributed by atoms with E-state index in [2.05, 4.69) is 11.8 Å². The summed E-state index contributed by atoms with van der Waals surface area (Å²) < 4.78 is 10.7. The van der Waals surface area contributed by atoms with Crippen molar-refractivity contribution in [2.45, 2.75) is 20.4 Å². The van der Waals surface area contributed by atoms with Gasteiger partial charge in [-0.3, -0.25) is 10.3 Å². The van der Waals surface area contributed by atoms with E-state index < -0.39 is 0 Å². The summed E-state index contributed by atoms with van der Waals surface area (Å²) in [6.07, 6.45) is 0. The van der Waals surface area contributed by atoms with Crippen LogP contribution in [0.25, 0.3) is 0 Å². The van der Waals surface area contributed by atoms with Crippen LogP contribution in [-0.4, -0.2) is 44.1 Å². The molecule has 1 aromatic carbocycles. The third-order valence-corrected chi connectivity index (χ3v) is 3.17. The molecule has 20 heavy (non-hydrogen) atoms. The number of hydrogen-bond acceptors (Lipinski definition) is 4. The molecule has 0 bridgehead atoms. The Kier molecular flexibility index (Phi) is 7.04. The lowest BCUT2D eigenvalue weighted by Crippen LogP contribution is -2.27. The van der Waals surface area contributed by atoms with Crippen LogP contribution in [-0.2, 0) is 11.3 Å². The lowest BCUT2D eigenvalue weighted by molar-refractivity contribution is 0.113. The molecule has 112 valence electrons. The standard InChI is InChI=1S/C15H25N3O2/c1-4-18(8-9-20-5-2)11-12-6-7-13(15(16)17)14(10-12)19-3/h6-7,10H,4-5,8-9,11H2,1-3H3,(H3,16,17). The van der Waals surface area contributed by atoms with Crippen LogP contribution in [0.2, 0.25) is 0 Å². The minimum Gasteiger partial charge on any atom is -0.496 e. The summed E-state index contributed by atoms with van der Waals surface area (Å²) in [5.74, 6) is 0.674. The highest BCUT2D eigenvalue weighted by Crippen LogP contribution is 2.20. The molecule has 0 heterocycles. The molecule has 0 saturated heterocycles. The maximum atomic E-state index is 7.51. The van der Waals surface area contributed by atoms with Gasteiger partial charge < -0.3 is 15.2 Å². The third-order valence-electron chi connectivity index (χ3n) is 3.17. The zero-order chi connectivity index (χ0) is 15.0. The monoisotopic (exact) mass is 279 g/mol. The van der Waals surface area contributed by atoms with E-state index in [4.69, 9.17) is 20.6 Å². The van der Waals surface area contributed by atoms with E-state index in [0.29, 0.717) is 11.3 Å². The minimum atomic E-state index is 0.0251. The van der Waals surface area contributed by atoms with Gasteiger partial charge in [0.15, 0.2) is 0 Å². The van der Waals surface area contributed by atoms with Crippen molar-refractivity contribution in [1.82, 2.24) is 4.90 Å². The van der Waals surface area contributed by atoms with Gasteiger partial charge in [0.2, 0.25) is 0 Å². The molecule has 0 unspecified atom stereocenters. The normalized spacial score (nSPS) is 10.8. The molecular weight excluding hydrogens is 254 g/mol. The topological polar surface area (TPSA) is 71.6 Å². The molecule has 0 amide bonds. The molecule has 0 fully saturated rings. The molecule has 3 N–H and O–H groups in total. The smallest absolute Gasteiger partial charge is 0.130 e. The Morgan fingerprint density at radius 1 is 1.35 bits per heavy atom. The van der Waals surface area contributed by atoms with Gasteiger partial charge in [0, 0.05) is 19.7 Å². The zero-order valence-corrected chi connectivity index (χ0v) is 12.6. The van der Waals surface area contributed by atoms with Crippen molar-refractivity contribution in [2.75, 3.05) is 33.4 Å². The highest BCUT2D eigenvalue weighted by atomic mass is 16.5. The summed E-state index contributed by atoms with van der Waals surface area (Å²) in [5.41, 5.74) is 7.30. The van der Waals surface area contributed by atoms with Gasteiger partial charge in [-0.25, -0.2) is 0 Å². The third kappa shape index (κ3) is 4.83. The van der Waals surface area contributed by atoms with E-state index in [1.165, 1.54) is 0 Å². The Morgan fingerprint density at radius 3 is 2.65 bits per heavy atom. The SMILES string of the molecule is CCOCCN(CC)Cc1ccc(C(=N)N)c(OC)c1. The van der Waals surface area contributed by atoms with E-state index in [1.54, 1.807) is 7.11 Å². The first-order valence-corrected chi connectivity index (χ1v) is 6.93. The lowest BCUT2D eigenvalue weighted by atomic mass is 10.1. The maximum Gasteiger partial charge on any atom is 0.130 e. The van der Waals surface area contributed by atoms with Gasteiger partial charge in [-0.1, -0.05) is 13.0 Å². The number of amidine groups is 1. The molecule has 0 aromatic heterocycles. The Labute approximate surface area is 121 Å². The Hall–Kier alpha value is -1.59. The molecule has 0 aliphatic rings. The van der Waals surface area contributed by atoms with Crippen LogP contribution in [0.3, 0.4) is 0 Å². The fourth-order valence-electron chi connectivity index (χ4n) is 2.00. The first-order valence-electron chi connectivity index (χ1n) is 6.93. The fraction of sp³-hybridized carbons (Fsp3) is 0.533. The summed E-state index contributed by atoms with van der Waals surface area (Å²) >= 11 is 0. The van der Waals surface area contributed by atoms with E-state index in [1.807, 2.05) is 25.1 Å². The summed E-state index contributed by atoms with van der Waals surface area (Å²) in [6, 6.07) is 5.77. The molecule has 0 radical (unpaired) electrons. The van der Waals surface area contributed by atoms with Crippen LogP contribution < -0.4 is 10.5 Å². The molecule has 1 aromatic rings. The zero-order valence-electron chi connectivity index (χ0n) is 12.6. The predicted molar refractivity (Wildman–Crippen MR) is 81.5 cm³/mol. The largest absolute Gasteiger partial charge is 0.496 e. The number of ether oxygens (including phenoxy) is 2. The molecule has 0 aliphatic heterocycles. The number of nitrogen functional groups attached to an aromatic ring is 1. The van der Waals surface area contributed by atoms with Gasteiger partial charge in [0.25, 0.3) is 0 Å². The average molecular weight is 279 g/mol. The van der Waals surface area contributed by atoms with E-state index >= 15 is 0 Å². The van der Waals surface area contributed by atoms with E-state index in [0.717, 1.165) is 38.4 Å². The molecule has 0 saturated carbocycles. The molecular formula is C15H25N3O2. The van der Waals surface area contributed by atoms with Crippen molar-refractivity contribution < 1.29 is 9.47 Å². The number of hydrogen-bond donors (Lipinski definition) is 2. The number of benzene rings is 1. The van der Waals surface area contributed by atoms with E-state index in [9.17, 15) is 0 Å². The van der Waals surface area contributed by atoms with Gasteiger partial charge >= 0.3 is 0 Å². The molecule has 0 spiro atoms. The molecule has 1 rings (SSSR count). The van der Waals surface area contributed by atoms with E-state index in [-0.39, 0.29) is 5.84 Å². The first kappa shape index (κ1) is 16.5. The predicted octanol–water partition coefficient (Wildman–Crippen LogP) is 1.84. The van der Waals surface area contributed by atoms with Crippen molar-refractivity contribution >= 4 is 5.84 Å². The Bertz CT molecular complexity index is 435. The van der Waals surface area contributed by atoms with Crippen LogP contribution >= 0.6 is 0 Å². The van der Waals surface area contributed by atoms with Crippen molar-refractivity contribution in [2.24, 2.45) is 5.73 Å².